The monoisotopic (exact) mass is 1080 g/mol. The third kappa shape index (κ3) is 8.06. The standard InChI is InChI=1S/C74H61BN2O2S2/c1-72(2,3)50-30-34-65-55(40-50)68-70(80-65)75-67-59(76(68)57-32-28-48(36-53(57)44-20-12-10-13-21-44)63-38-46-24-16-18-26-61(46)78-63)42-52(74(7,8)9)43-60(67)77(69-56-41-51(73(4,5)6)31-35-66(56)81-71(69)75)58-33-29-49(37-54(58)45-22-14-11-15-23-45)64-39-47-25-17-19-27-62(47)79-64/h10-43H,1-9H3. The minimum atomic E-state index is -0.230. The van der Waals surface area contributed by atoms with Gasteiger partial charge in [-0.2, -0.15) is 0 Å². The van der Waals surface area contributed by atoms with Gasteiger partial charge in [-0.3, -0.25) is 0 Å². The van der Waals surface area contributed by atoms with E-state index in [4.69, 9.17) is 8.83 Å². The minimum absolute atomic E-state index is 0.0579. The van der Waals surface area contributed by atoms with Crippen LogP contribution >= 0.6 is 22.7 Å². The average molecular weight is 1090 g/mol. The minimum Gasteiger partial charge on any atom is -0.456 e. The van der Waals surface area contributed by atoms with Gasteiger partial charge in [0.1, 0.15) is 22.7 Å². The van der Waals surface area contributed by atoms with Crippen LogP contribution in [0.3, 0.4) is 0 Å². The summed E-state index contributed by atoms with van der Waals surface area (Å²) >= 11 is 3.94. The molecule has 7 heteroatoms. The maximum Gasteiger partial charge on any atom is 0.277 e. The zero-order valence-corrected chi connectivity index (χ0v) is 48.9. The van der Waals surface area contributed by atoms with E-state index in [1.807, 2.05) is 34.8 Å². The summed E-state index contributed by atoms with van der Waals surface area (Å²) in [5.74, 6) is 1.70. The molecule has 0 spiro atoms. The lowest BCUT2D eigenvalue weighted by atomic mass is 9.39. The van der Waals surface area contributed by atoms with Gasteiger partial charge in [-0.05, 0) is 147 Å². The molecule has 13 aromatic rings. The highest BCUT2D eigenvalue weighted by atomic mass is 32.1. The Morgan fingerprint density at radius 2 is 0.765 bits per heavy atom. The van der Waals surface area contributed by atoms with E-state index in [1.165, 1.54) is 74.6 Å². The Bertz CT molecular complexity index is 4320. The molecule has 4 aromatic heterocycles. The lowest BCUT2D eigenvalue weighted by Gasteiger charge is -2.44. The van der Waals surface area contributed by atoms with Gasteiger partial charge in [0.15, 0.2) is 0 Å². The van der Waals surface area contributed by atoms with E-state index >= 15 is 0 Å². The molecule has 2 aliphatic heterocycles. The van der Waals surface area contributed by atoms with Crippen molar-refractivity contribution in [2.24, 2.45) is 0 Å². The molecule has 0 aliphatic carbocycles. The maximum atomic E-state index is 6.64. The number of anilines is 6. The number of furan rings is 2. The van der Waals surface area contributed by atoms with Gasteiger partial charge in [-0.25, -0.2) is 0 Å². The number of thiophene rings is 2. The van der Waals surface area contributed by atoms with Crippen molar-refractivity contribution >= 4 is 121 Å². The molecule has 4 nitrogen and oxygen atoms in total. The second kappa shape index (κ2) is 18.1. The summed E-state index contributed by atoms with van der Waals surface area (Å²) in [6, 6.07) is 76.6. The van der Waals surface area contributed by atoms with Crippen molar-refractivity contribution in [3.05, 3.63) is 223 Å². The van der Waals surface area contributed by atoms with E-state index < -0.39 is 0 Å². The zero-order chi connectivity index (χ0) is 55.3. The molecular weight excluding hydrogens is 1020 g/mol. The smallest absolute Gasteiger partial charge is 0.277 e. The lowest BCUT2D eigenvalue weighted by Crippen LogP contribution is -2.59. The first-order valence-electron chi connectivity index (χ1n) is 28.3. The molecule has 0 unspecified atom stereocenters. The van der Waals surface area contributed by atoms with Crippen molar-refractivity contribution in [2.75, 3.05) is 9.80 Å². The van der Waals surface area contributed by atoms with Crippen molar-refractivity contribution in [1.82, 2.24) is 0 Å². The lowest BCUT2D eigenvalue weighted by molar-refractivity contribution is 0.590. The largest absolute Gasteiger partial charge is 0.456 e. The van der Waals surface area contributed by atoms with Crippen molar-refractivity contribution in [3.63, 3.8) is 0 Å². The fraction of sp³-hybridized carbons (Fsp3) is 0.162. The van der Waals surface area contributed by atoms with Crippen molar-refractivity contribution in [1.29, 1.82) is 0 Å². The Balaban J connectivity index is 1.07. The fourth-order valence-electron chi connectivity index (χ4n) is 12.6. The first kappa shape index (κ1) is 49.7. The van der Waals surface area contributed by atoms with Crippen LogP contribution in [-0.4, -0.2) is 6.71 Å². The Morgan fingerprint density at radius 1 is 0.358 bits per heavy atom. The molecule has 0 atom stereocenters. The van der Waals surface area contributed by atoms with Gasteiger partial charge in [0.05, 0.1) is 22.7 Å². The molecule has 9 aromatic carbocycles. The number of nitrogens with zero attached hydrogens (tertiary/aromatic N) is 2. The summed E-state index contributed by atoms with van der Waals surface area (Å²) in [6.45, 7) is 21.1. The SMILES string of the molecule is CC(C)(C)c1cc2c3c(c1)N(c1ccc(-c4cc5ccccc5o4)cc1-c1ccccc1)c1c(sc4ccc(C(C)(C)C)cc14)B3c1sc3ccc(C(C)(C)C)cc3c1N2c1ccc(-c2cc3ccccc3o2)cc1-c1ccccc1. The third-order valence-corrected chi connectivity index (χ3v) is 19.4. The molecule has 2 aliphatic rings. The normalized spacial score (nSPS) is 13.4. The van der Waals surface area contributed by atoms with Gasteiger partial charge >= 0.3 is 0 Å². The quantitative estimate of drug-likeness (QED) is 0.155. The highest BCUT2D eigenvalue weighted by Crippen LogP contribution is 2.55. The van der Waals surface area contributed by atoms with Gasteiger partial charge in [-0.15, -0.1) is 22.7 Å². The van der Waals surface area contributed by atoms with Crippen LogP contribution in [0.1, 0.15) is 79.0 Å². The Kier molecular flexibility index (Phi) is 11.1. The summed E-state index contributed by atoms with van der Waals surface area (Å²) in [6.07, 6.45) is 0. The first-order valence-corrected chi connectivity index (χ1v) is 30.0. The van der Waals surface area contributed by atoms with Crippen LogP contribution in [0.25, 0.3) is 87.0 Å². The van der Waals surface area contributed by atoms with Gasteiger partial charge in [0.25, 0.3) is 6.71 Å². The molecule has 0 amide bonds. The first-order chi connectivity index (χ1) is 39.0. The number of fused-ring (bicyclic) bond motifs is 10. The topological polar surface area (TPSA) is 32.8 Å². The summed E-state index contributed by atoms with van der Waals surface area (Å²) in [7, 11) is 0. The van der Waals surface area contributed by atoms with Crippen LogP contribution in [0.2, 0.25) is 0 Å². The number of hydrogen-bond acceptors (Lipinski definition) is 6. The summed E-state index contributed by atoms with van der Waals surface area (Å²) in [5, 5.41) is 4.75. The predicted molar refractivity (Wildman–Crippen MR) is 349 cm³/mol. The van der Waals surface area contributed by atoms with E-state index in [1.54, 1.807) is 0 Å². The van der Waals surface area contributed by atoms with Crippen LogP contribution in [0.4, 0.5) is 34.1 Å². The summed E-state index contributed by atoms with van der Waals surface area (Å²) in [4.78, 5) is 5.35. The van der Waals surface area contributed by atoms with Crippen molar-refractivity contribution in [2.45, 2.75) is 78.6 Å². The molecule has 0 saturated heterocycles. The Hall–Kier alpha value is -8.36. The molecule has 0 saturated carbocycles. The number of rotatable bonds is 6. The van der Waals surface area contributed by atoms with Crippen molar-refractivity contribution in [3.8, 4) is 44.9 Å². The van der Waals surface area contributed by atoms with Crippen LogP contribution < -0.4 is 24.8 Å². The molecule has 0 radical (unpaired) electrons. The fourth-order valence-corrected chi connectivity index (χ4v) is 15.2. The molecular formula is C74H61BN2O2S2. The van der Waals surface area contributed by atoms with E-state index in [0.29, 0.717) is 0 Å². The number of benzene rings is 9. The molecule has 0 N–H and O–H groups in total. The molecule has 0 bridgehead atoms. The molecule has 0 fully saturated rings. The molecule has 6 heterocycles. The predicted octanol–water partition coefficient (Wildman–Crippen LogP) is 20.3. The summed E-state index contributed by atoms with van der Waals surface area (Å²) < 4.78 is 18.6. The van der Waals surface area contributed by atoms with Gasteiger partial charge < -0.3 is 18.6 Å². The summed E-state index contributed by atoms with van der Waals surface area (Å²) in [5.41, 5.74) is 20.4. The van der Waals surface area contributed by atoms with Gasteiger partial charge in [0.2, 0.25) is 0 Å². The Labute approximate surface area is 482 Å². The van der Waals surface area contributed by atoms with Crippen LogP contribution in [-0.2, 0) is 16.2 Å². The third-order valence-electron chi connectivity index (χ3n) is 16.9. The molecule has 15 rings (SSSR count). The molecule has 81 heavy (non-hydrogen) atoms. The Morgan fingerprint density at radius 3 is 1.17 bits per heavy atom. The van der Waals surface area contributed by atoms with E-state index in [0.717, 1.165) is 78.2 Å². The van der Waals surface area contributed by atoms with E-state index in [2.05, 4.69) is 266 Å². The second-order valence-corrected chi connectivity index (χ2v) is 27.5. The van der Waals surface area contributed by atoms with Crippen molar-refractivity contribution < 1.29 is 8.83 Å². The number of hydrogen-bond donors (Lipinski definition) is 0. The van der Waals surface area contributed by atoms with Crippen LogP contribution in [0.15, 0.2) is 215 Å². The van der Waals surface area contributed by atoms with Crippen LogP contribution in [0.5, 0.6) is 0 Å². The number of para-hydroxylation sites is 2. The van der Waals surface area contributed by atoms with Gasteiger partial charge in [0, 0.05) is 74.1 Å². The van der Waals surface area contributed by atoms with E-state index in [9.17, 15) is 0 Å². The zero-order valence-electron chi connectivity index (χ0n) is 47.2. The maximum absolute atomic E-state index is 6.64. The highest BCUT2D eigenvalue weighted by molar-refractivity contribution is 7.40. The second-order valence-electron chi connectivity index (χ2n) is 25.3. The van der Waals surface area contributed by atoms with E-state index in [-0.39, 0.29) is 23.0 Å². The average Bonchev–Trinajstić information content (AvgIpc) is 2.91. The van der Waals surface area contributed by atoms with Crippen LogP contribution in [0, 0.1) is 0 Å². The molecule has 394 valence electrons. The highest BCUT2D eigenvalue weighted by Gasteiger charge is 2.48. The van der Waals surface area contributed by atoms with Gasteiger partial charge in [-0.1, -0.05) is 172 Å².